The van der Waals surface area contributed by atoms with Crippen molar-refractivity contribution in [1.29, 1.82) is 0 Å². The molecule has 0 aromatic heterocycles. The highest BCUT2D eigenvalue weighted by Crippen LogP contribution is 2.35. The number of aliphatic hydroxyl groups is 1. The SMILES string of the molecule is NC(=O)c1c(I)c(NCC(=O)CO)c(I)c(C(N)=O)c1I. The van der Waals surface area contributed by atoms with Crippen LogP contribution in [0.25, 0.3) is 0 Å². The topological polar surface area (TPSA) is 136 Å². The van der Waals surface area contributed by atoms with Gasteiger partial charge in [0.1, 0.15) is 6.61 Å². The number of hydrogen-bond donors (Lipinski definition) is 4. The molecule has 1 rings (SSSR count). The van der Waals surface area contributed by atoms with Gasteiger partial charge >= 0.3 is 0 Å². The number of rotatable bonds is 6. The molecule has 10 heteroatoms. The van der Waals surface area contributed by atoms with Crippen LogP contribution in [0.15, 0.2) is 0 Å². The van der Waals surface area contributed by atoms with Gasteiger partial charge in [-0.15, -0.1) is 0 Å². The number of nitrogens with one attached hydrogen (secondary N) is 1. The average molecular weight is 629 g/mol. The number of ketones is 1. The maximum absolute atomic E-state index is 11.6. The third-order valence-electron chi connectivity index (χ3n) is 2.45. The number of aliphatic hydroxyl groups excluding tert-OH is 1. The third-order valence-corrected chi connectivity index (χ3v) is 5.68. The lowest BCUT2D eigenvalue weighted by Crippen LogP contribution is -2.25. The highest BCUT2D eigenvalue weighted by molar-refractivity contribution is 14.1. The van der Waals surface area contributed by atoms with Gasteiger partial charge < -0.3 is 21.9 Å². The molecule has 6 N–H and O–H groups in total. The lowest BCUT2D eigenvalue weighted by atomic mass is 10.1. The van der Waals surface area contributed by atoms with Crippen molar-refractivity contribution in [2.75, 3.05) is 18.5 Å². The Morgan fingerprint density at radius 1 is 0.952 bits per heavy atom. The second-order valence-electron chi connectivity index (χ2n) is 3.85. The van der Waals surface area contributed by atoms with E-state index in [1.54, 1.807) is 0 Å². The summed E-state index contributed by atoms with van der Waals surface area (Å²) in [4.78, 5) is 34.4. The van der Waals surface area contributed by atoms with E-state index in [2.05, 4.69) is 5.32 Å². The Labute approximate surface area is 161 Å². The second-order valence-corrected chi connectivity index (χ2v) is 7.08. The maximum Gasteiger partial charge on any atom is 0.250 e. The van der Waals surface area contributed by atoms with Crippen LogP contribution in [-0.2, 0) is 4.79 Å². The van der Waals surface area contributed by atoms with Crippen LogP contribution in [0.2, 0.25) is 0 Å². The molecular weight excluding hydrogens is 619 g/mol. The van der Waals surface area contributed by atoms with Gasteiger partial charge in [-0.2, -0.15) is 0 Å². The smallest absolute Gasteiger partial charge is 0.250 e. The van der Waals surface area contributed by atoms with Gasteiger partial charge in [0.2, 0.25) is 0 Å². The van der Waals surface area contributed by atoms with E-state index in [4.69, 9.17) is 16.6 Å². The Bertz CT molecular complexity index is 593. The predicted octanol–water partition coefficient (Wildman–Crippen LogP) is 0.672. The summed E-state index contributed by atoms with van der Waals surface area (Å²) in [6.45, 7) is -0.741. The zero-order chi connectivity index (χ0) is 16.3. The lowest BCUT2D eigenvalue weighted by Gasteiger charge is -2.17. The Balaban J connectivity index is 3.52. The van der Waals surface area contributed by atoms with E-state index in [1.807, 2.05) is 67.8 Å². The first-order chi connectivity index (χ1) is 9.72. The van der Waals surface area contributed by atoms with Gasteiger partial charge in [0.25, 0.3) is 11.8 Å². The fourth-order valence-corrected chi connectivity index (χ4v) is 6.11. The predicted molar refractivity (Wildman–Crippen MR) is 102 cm³/mol. The van der Waals surface area contributed by atoms with Crippen molar-refractivity contribution in [3.8, 4) is 0 Å². The van der Waals surface area contributed by atoms with Gasteiger partial charge in [-0.1, -0.05) is 0 Å². The number of carbonyl (C=O) groups excluding carboxylic acids is 3. The summed E-state index contributed by atoms with van der Waals surface area (Å²) in [7, 11) is 0. The van der Waals surface area contributed by atoms with Crippen LogP contribution in [0.3, 0.4) is 0 Å². The van der Waals surface area contributed by atoms with Crippen molar-refractivity contribution in [1.82, 2.24) is 0 Å². The van der Waals surface area contributed by atoms with E-state index < -0.39 is 24.2 Å². The van der Waals surface area contributed by atoms with E-state index in [1.165, 1.54) is 0 Å². The van der Waals surface area contributed by atoms with Crippen LogP contribution in [-0.4, -0.2) is 35.9 Å². The summed E-state index contributed by atoms with van der Waals surface area (Å²) < 4.78 is 1.36. The Morgan fingerprint density at radius 2 is 1.38 bits per heavy atom. The maximum atomic E-state index is 11.6. The number of hydrogen-bond acceptors (Lipinski definition) is 5. The second kappa shape index (κ2) is 7.87. The first kappa shape index (κ1) is 18.8. The molecule has 0 atom stereocenters. The van der Waals surface area contributed by atoms with E-state index in [0.717, 1.165) is 0 Å². The number of anilines is 1. The summed E-state index contributed by atoms with van der Waals surface area (Å²) in [6.07, 6.45) is 0. The van der Waals surface area contributed by atoms with Gasteiger partial charge in [0.15, 0.2) is 5.78 Å². The molecule has 0 saturated carbocycles. The van der Waals surface area contributed by atoms with Crippen LogP contribution in [0.1, 0.15) is 20.7 Å². The van der Waals surface area contributed by atoms with Crippen molar-refractivity contribution in [3.63, 3.8) is 0 Å². The standard InChI is InChI=1S/C11H10I3N3O4/c12-6-4(10(15)20)7(13)9(17-1-3(19)2-18)8(14)5(6)11(16)21/h17-18H,1-2H2,(H2,15,20)(H2,16,21). The Hall–Kier alpha value is -0.220. The van der Waals surface area contributed by atoms with Crippen molar-refractivity contribution in [2.24, 2.45) is 11.5 Å². The highest BCUT2D eigenvalue weighted by Gasteiger charge is 2.25. The minimum Gasteiger partial charge on any atom is -0.389 e. The zero-order valence-electron chi connectivity index (χ0n) is 10.4. The normalized spacial score (nSPS) is 10.3. The zero-order valence-corrected chi connectivity index (χ0v) is 16.8. The van der Waals surface area contributed by atoms with E-state index in [9.17, 15) is 14.4 Å². The Morgan fingerprint density at radius 3 is 1.71 bits per heavy atom. The molecule has 0 bridgehead atoms. The summed E-state index contributed by atoms with van der Waals surface area (Å²) in [5.41, 5.74) is 11.5. The van der Waals surface area contributed by atoms with E-state index in [0.29, 0.717) is 16.4 Å². The van der Waals surface area contributed by atoms with Gasteiger partial charge in [0.05, 0.1) is 30.5 Å². The minimum absolute atomic E-state index is 0.139. The molecule has 0 aliphatic rings. The van der Waals surface area contributed by atoms with Crippen molar-refractivity contribution in [3.05, 3.63) is 21.8 Å². The van der Waals surface area contributed by atoms with Gasteiger partial charge in [-0.25, -0.2) is 0 Å². The molecule has 2 amide bonds. The molecule has 0 aliphatic heterocycles. The van der Waals surface area contributed by atoms with Crippen LogP contribution < -0.4 is 16.8 Å². The average Bonchev–Trinajstić information content (AvgIpc) is 2.36. The summed E-state index contributed by atoms with van der Waals surface area (Å²) in [5.74, 6) is -1.82. The molecule has 0 unspecified atom stereocenters. The summed E-state index contributed by atoms with van der Waals surface area (Å²) in [6, 6.07) is 0. The van der Waals surface area contributed by atoms with Crippen LogP contribution in [0.5, 0.6) is 0 Å². The molecule has 0 saturated heterocycles. The first-order valence-corrected chi connectivity index (χ1v) is 8.62. The first-order valence-electron chi connectivity index (χ1n) is 5.38. The fourth-order valence-electron chi connectivity index (χ4n) is 1.49. The largest absolute Gasteiger partial charge is 0.389 e. The van der Waals surface area contributed by atoms with Crippen LogP contribution in [0, 0.1) is 10.7 Å². The highest BCUT2D eigenvalue weighted by atomic mass is 127. The number of amides is 2. The molecular formula is C11H10I3N3O4. The number of halogens is 3. The van der Waals surface area contributed by atoms with Crippen molar-refractivity contribution < 1.29 is 19.5 Å². The summed E-state index contributed by atoms with van der Waals surface area (Å²) >= 11 is 5.66. The van der Waals surface area contributed by atoms with E-state index >= 15 is 0 Å². The van der Waals surface area contributed by atoms with Crippen molar-refractivity contribution >= 4 is 91.1 Å². The third kappa shape index (κ3) is 4.16. The molecule has 21 heavy (non-hydrogen) atoms. The molecule has 0 fully saturated rings. The molecule has 1 aromatic carbocycles. The molecule has 1 aromatic rings. The number of Topliss-reactive ketones (excluding diaryl/α,β-unsaturated/α-hetero) is 1. The van der Waals surface area contributed by atoms with Crippen LogP contribution in [0.4, 0.5) is 5.69 Å². The number of nitrogens with two attached hydrogens (primary N) is 2. The van der Waals surface area contributed by atoms with Gasteiger partial charge in [-0.05, 0) is 67.8 Å². The van der Waals surface area contributed by atoms with Crippen molar-refractivity contribution in [2.45, 2.75) is 0 Å². The number of carbonyl (C=O) groups is 3. The molecule has 114 valence electrons. The molecule has 0 spiro atoms. The number of benzene rings is 1. The quantitative estimate of drug-likeness (QED) is 0.344. The lowest BCUT2D eigenvalue weighted by molar-refractivity contribution is -0.120. The minimum atomic E-state index is -0.695. The van der Waals surface area contributed by atoms with Gasteiger partial charge in [-0.3, -0.25) is 14.4 Å². The van der Waals surface area contributed by atoms with Gasteiger partial charge in [0, 0.05) is 3.57 Å². The van der Waals surface area contributed by atoms with E-state index in [-0.39, 0.29) is 17.7 Å². The number of primary amides is 2. The monoisotopic (exact) mass is 629 g/mol. The Kier molecular flexibility index (Phi) is 7.05. The molecule has 0 radical (unpaired) electrons. The fraction of sp³-hybridized carbons (Fsp3) is 0.182. The molecule has 7 nitrogen and oxygen atoms in total. The molecule has 0 aliphatic carbocycles. The van der Waals surface area contributed by atoms with Crippen LogP contribution >= 0.6 is 67.8 Å². The molecule has 0 heterocycles. The summed E-state index contributed by atoms with van der Waals surface area (Å²) in [5, 5.41) is 11.5.